The molecule has 0 fully saturated rings. The van der Waals surface area contributed by atoms with Crippen LogP contribution in [-0.2, 0) is 0 Å². The summed E-state index contributed by atoms with van der Waals surface area (Å²) in [6.07, 6.45) is 0. The van der Waals surface area contributed by atoms with E-state index in [0.717, 1.165) is 105 Å². The van der Waals surface area contributed by atoms with Gasteiger partial charge in [0, 0.05) is 49.6 Å². The lowest BCUT2D eigenvalue weighted by atomic mass is 10.1. The first-order chi connectivity index (χ1) is 29.2. The highest BCUT2D eigenvalue weighted by Gasteiger charge is 2.22. The first-order valence-corrected chi connectivity index (χ1v) is 19.6. The van der Waals surface area contributed by atoms with Crippen molar-refractivity contribution in [2.45, 2.75) is 0 Å². The van der Waals surface area contributed by atoms with Crippen LogP contribution in [0.15, 0.2) is 192 Å². The molecular formula is C53H31N5O. The Bertz CT molecular complexity index is 3650. The second-order valence-corrected chi connectivity index (χ2v) is 14.9. The SMILES string of the molecule is N#Cc1ccc(-c2cc(-c3ccccc3)nc(-c3ccc(-n4c5ccccc5c5c6oc7c(ccc8c7c7ccccc7n8-c7ccccc7)c6ccc54)cc3)n2)cc1. The summed E-state index contributed by atoms with van der Waals surface area (Å²) in [5.74, 6) is 0.628. The molecule has 274 valence electrons. The normalized spacial score (nSPS) is 11.7. The lowest BCUT2D eigenvalue weighted by Crippen LogP contribution is -1.97. The molecule has 0 amide bonds. The van der Waals surface area contributed by atoms with E-state index in [4.69, 9.17) is 14.4 Å². The average Bonchev–Trinajstić information content (AvgIpc) is 3.97. The van der Waals surface area contributed by atoms with Crippen molar-refractivity contribution in [3.8, 4) is 51.3 Å². The van der Waals surface area contributed by atoms with E-state index in [0.29, 0.717) is 11.4 Å². The summed E-state index contributed by atoms with van der Waals surface area (Å²) >= 11 is 0. The van der Waals surface area contributed by atoms with Gasteiger partial charge >= 0.3 is 0 Å². The molecule has 0 spiro atoms. The predicted octanol–water partition coefficient (Wildman–Crippen LogP) is 13.4. The van der Waals surface area contributed by atoms with Crippen LogP contribution in [0.25, 0.3) is 111 Å². The molecule has 59 heavy (non-hydrogen) atoms. The third-order valence-electron chi connectivity index (χ3n) is 11.6. The first-order valence-electron chi connectivity index (χ1n) is 19.6. The predicted molar refractivity (Wildman–Crippen MR) is 239 cm³/mol. The molecule has 8 aromatic carbocycles. The molecule has 4 aromatic heterocycles. The Balaban J connectivity index is 1.03. The van der Waals surface area contributed by atoms with Crippen LogP contribution in [-0.4, -0.2) is 19.1 Å². The van der Waals surface area contributed by atoms with E-state index < -0.39 is 0 Å². The summed E-state index contributed by atoms with van der Waals surface area (Å²) in [4.78, 5) is 10.1. The van der Waals surface area contributed by atoms with Crippen molar-refractivity contribution in [3.63, 3.8) is 0 Å². The van der Waals surface area contributed by atoms with Gasteiger partial charge in [-0.2, -0.15) is 5.26 Å². The summed E-state index contributed by atoms with van der Waals surface area (Å²) in [7, 11) is 0. The van der Waals surface area contributed by atoms with Gasteiger partial charge in [0.25, 0.3) is 0 Å². The molecule has 0 aliphatic carbocycles. The zero-order chi connectivity index (χ0) is 39.0. The molecule has 6 heteroatoms. The summed E-state index contributed by atoms with van der Waals surface area (Å²) in [5, 5.41) is 16.1. The largest absolute Gasteiger partial charge is 0.455 e. The zero-order valence-corrected chi connectivity index (χ0v) is 31.5. The van der Waals surface area contributed by atoms with Gasteiger partial charge in [-0.25, -0.2) is 9.97 Å². The van der Waals surface area contributed by atoms with Gasteiger partial charge in [0.15, 0.2) is 5.82 Å². The molecule has 0 aliphatic rings. The van der Waals surface area contributed by atoms with Crippen LogP contribution < -0.4 is 0 Å². The molecule has 12 aromatic rings. The zero-order valence-electron chi connectivity index (χ0n) is 31.5. The van der Waals surface area contributed by atoms with Gasteiger partial charge in [-0.3, -0.25) is 0 Å². The van der Waals surface area contributed by atoms with Crippen molar-refractivity contribution in [3.05, 3.63) is 194 Å². The Kier molecular flexibility index (Phi) is 7.19. The third kappa shape index (κ3) is 5.05. The maximum absolute atomic E-state index is 9.39. The maximum atomic E-state index is 9.39. The van der Waals surface area contributed by atoms with Crippen molar-refractivity contribution in [1.29, 1.82) is 5.26 Å². The van der Waals surface area contributed by atoms with E-state index in [9.17, 15) is 5.26 Å². The van der Waals surface area contributed by atoms with E-state index in [-0.39, 0.29) is 0 Å². The lowest BCUT2D eigenvalue weighted by molar-refractivity contribution is 0.677. The van der Waals surface area contributed by atoms with E-state index in [1.165, 1.54) is 0 Å². The highest BCUT2D eigenvalue weighted by Crippen LogP contribution is 2.45. The van der Waals surface area contributed by atoms with Crippen LogP contribution in [0.2, 0.25) is 0 Å². The Morgan fingerprint density at radius 1 is 0.407 bits per heavy atom. The topological polar surface area (TPSA) is 72.6 Å². The Hall–Kier alpha value is -8.27. The third-order valence-corrected chi connectivity index (χ3v) is 11.6. The van der Waals surface area contributed by atoms with Crippen molar-refractivity contribution in [2.24, 2.45) is 0 Å². The molecule has 4 heterocycles. The molecule has 0 saturated heterocycles. The molecule has 12 rings (SSSR count). The number of para-hydroxylation sites is 3. The van der Waals surface area contributed by atoms with E-state index in [1.807, 2.05) is 48.5 Å². The summed E-state index contributed by atoms with van der Waals surface area (Å²) in [6, 6.07) is 67.0. The van der Waals surface area contributed by atoms with Gasteiger partial charge in [-0.1, -0.05) is 97.1 Å². The second kappa shape index (κ2) is 12.9. The van der Waals surface area contributed by atoms with Crippen LogP contribution in [0, 0.1) is 11.3 Å². The van der Waals surface area contributed by atoms with Crippen molar-refractivity contribution < 1.29 is 4.42 Å². The van der Waals surface area contributed by atoms with Gasteiger partial charge in [0.05, 0.1) is 55.9 Å². The second-order valence-electron chi connectivity index (χ2n) is 14.9. The average molecular weight is 754 g/mol. The molecule has 0 bridgehead atoms. The van der Waals surface area contributed by atoms with E-state index in [1.54, 1.807) is 0 Å². The van der Waals surface area contributed by atoms with Gasteiger partial charge in [0.1, 0.15) is 11.2 Å². The van der Waals surface area contributed by atoms with Crippen LogP contribution in [0.1, 0.15) is 5.56 Å². The lowest BCUT2D eigenvalue weighted by Gasteiger charge is -2.11. The number of hydrogen-bond donors (Lipinski definition) is 0. The quantitative estimate of drug-likeness (QED) is 0.175. The highest BCUT2D eigenvalue weighted by atomic mass is 16.3. The van der Waals surface area contributed by atoms with Crippen molar-refractivity contribution in [1.82, 2.24) is 19.1 Å². The van der Waals surface area contributed by atoms with Crippen LogP contribution >= 0.6 is 0 Å². The van der Waals surface area contributed by atoms with Gasteiger partial charge in [-0.05, 0) is 91.0 Å². The molecule has 0 N–H and O–H groups in total. The Labute approximate surface area is 338 Å². The van der Waals surface area contributed by atoms with Crippen molar-refractivity contribution in [2.75, 3.05) is 0 Å². The number of aromatic nitrogens is 4. The van der Waals surface area contributed by atoms with Crippen LogP contribution in [0.4, 0.5) is 0 Å². The molecular weight excluding hydrogens is 723 g/mol. The monoisotopic (exact) mass is 753 g/mol. The Morgan fingerprint density at radius 2 is 0.881 bits per heavy atom. The van der Waals surface area contributed by atoms with Crippen LogP contribution in [0.3, 0.4) is 0 Å². The summed E-state index contributed by atoms with van der Waals surface area (Å²) in [5.41, 5.74) is 13.4. The number of nitrogens with zero attached hydrogens (tertiary/aromatic N) is 5. The standard InChI is InChI=1S/C53H31N5O/c54-32-33-19-21-35(22-20-33)44-31-43(34-11-3-1-4-12-34)55-53(56-44)36-23-25-38(26-24-36)58-46-18-10-8-16-42(46)50-48(58)30-28-40-39-27-29-47-49(51(39)59-52(40)50)41-15-7-9-17-45(41)57(47)37-13-5-2-6-14-37/h1-31H. The summed E-state index contributed by atoms with van der Waals surface area (Å²) in [6.45, 7) is 0. The van der Waals surface area contributed by atoms with E-state index >= 15 is 0 Å². The minimum Gasteiger partial charge on any atom is -0.455 e. The number of furan rings is 1. The fourth-order valence-corrected chi connectivity index (χ4v) is 8.89. The minimum atomic E-state index is 0.609. The number of hydrogen-bond acceptors (Lipinski definition) is 4. The highest BCUT2D eigenvalue weighted by molar-refractivity contribution is 6.29. The minimum absolute atomic E-state index is 0.609. The Morgan fingerprint density at radius 3 is 1.44 bits per heavy atom. The summed E-state index contributed by atoms with van der Waals surface area (Å²) < 4.78 is 11.8. The molecule has 0 aliphatic heterocycles. The smallest absolute Gasteiger partial charge is 0.160 e. The molecule has 0 radical (unpaired) electrons. The fraction of sp³-hybridized carbons (Fsp3) is 0. The fourth-order valence-electron chi connectivity index (χ4n) is 8.89. The van der Waals surface area contributed by atoms with Gasteiger partial charge in [-0.15, -0.1) is 0 Å². The van der Waals surface area contributed by atoms with E-state index in [2.05, 4.69) is 155 Å². The molecule has 0 saturated carbocycles. The van der Waals surface area contributed by atoms with Crippen molar-refractivity contribution >= 4 is 65.6 Å². The number of benzene rings is 8. The first kappa shape index (κ1) is 32.9. The number of nitriles is 1. The molecule has 0 atom stereocenters. The van der Waals surface area contributed by atoms with Gasteiger partial charge < -0.3 is 13.6 Å². The maximum Gasteiger partial charge on any atom is 0.160 e. The number of rotatable bonds is 5. The molecule has 0 unspecified atom stereocenters. The number of fused-ring (bicyclic) bond motifs is 11. The van der Waals surface area contributed by atoms with Gasteiger partial charge in [0.2, 0.25) is 0 Å². The van der Waals surface area contributed by atoms with Crippen LogP contribution in [0.5, 0.6) is 0 Å². The molecule has 6 nitrogen and oxygen atoms in total.